The number of phenols is 1. The number of benzene rings is 2. The van der Waals surface area contributed by atoms with Gasteiger partial charge in [-0.25, -0.2) is 0 Å². The predicted octanol–water partition coefficient (Wildman–Crippen LogP) is 3.84. The zero-order valence-corrected chi connectivity index (χ0v) is 12.4. The monoisotopic (exact) mass is 320 g/mol. The van der Waals surface area contributed by atoms with Crippen LogP contribution in [0.25, 0.3) is 22.4 Å². The van der Waals surface area contributed by atoms with Crippen molar-refractivity contribution in [2.45, 2.75) is 0 Å². The molecule has 0 aliphatic carbocycles. The lowest BCUT2D eigenvalue weighted by molar-refractivity contribution is -0.384. The van der Waals surface area contributed by atoms with Crippen molar-refractivity contribution in [1.82, 2.24) is 4.98 Å². The second kappa shape index (κ2) is 6.29. The number of nitrogens with zero attached hydrogens (tertiary/aromatic N) is 2. The maximum atomic E-state index is 11.3. The smallest absolute Gasteiger partial charge is 0.270 e. The number of hydrogen-bond acceptors (Lipinski definition) is 5. The average Bonchev–Trinajstić information content (AvgIpc) is 2.62. The molecule has 6 heteroatoms. The highest BCUT2D eigenvalue weighted by molar-refractivity contribution is 5.89. The fourth-order valence-corrected chi connectivity index (χ4v) is 2.44. The van der Waals surface area contributed by atoms with E-state index in [9.17, 15) is 20.0 Å². The third-order valence-corrected chi connectivity index (χ3v) is 3.60. The first-order valence-corrected chi connectivity index (χ1v) is 7.08. The summed E-state index contributed by atoms with van der Waals surface area (Å²) in [6.45, 7) is 0. The standard InChI is InChI=1S/C18H12N2O4/c21-11-14-8-13(17-6-1-2-7-19-17)10-16(18(14)22)12-4-3-5-15(9-12)20(23)24/h1-11,22H. The van der Waals surface area contributed by atoms with Gasteiger partial charge in [0.15, 0.2) is 6.29 Å². The number of nitro benzene ring substituents is 1. The van der Waals surface area contributed by atoms with Gasteiger partial charge in [0, 0.05) is 29.5 Å². The normalized spacial score (nSPS) is 10.3. The number of rotatable bonds is 4. The van der Waals surface area contributed by atoms with Crippen molar-refractivity contribution < 1.29 is 14.8 Å². The van der Waals surface area contributed by atoms with Crippen LogP contribution in [0, 0.1) is 10.1 Å². The minimum atomic E-state index is -0.510. The first-order valence-electron chi connectivity index (χ1n) is 7.08. The Labute approximate surface area is 137 Å². The van der Waals surface area contributed by atoms with E-state index in [4.69, 9.17) is 0 Å². The van der Waals surface area contributed by atoms with E-state index in [-0.39, 0.29) is 17.0 Å². The van der Waals surface area contributed by atoms with Gasteiger partial charge in [-0.1, -0.05) is 18.2 Å². The van der Waals surface area contributed by atoms with Crippen molar-refractivity contribution >= 4 is 12.0 Å². The second-order valence-electron chi connectivity index (χ2n) is 5.10. The summed E-state index contributed by atoms with van der Waals surface area (Å²) in [4.78, 5) is 26.0. The van der Waals surface area contributed by atoms with Gasteiger partial charge >= 0.3 is 0 Å². The molecule has 0 saturated carbocycles. The van der Waals surface area contributed by atoms with Crippen molar-refractivity contribution in [3.05, 3.63) is 76.5 Å². The molecule has 0 aliphatic rings. The Hall–Kier alpha value is -3.54. The topological polar surface area (TPSA) is 93.3 Å². The largest absolute Gasteiger partial charge is 0.507 e. The van der Waals surface area contributed by atoms with Gasteiger partial charge in [0.1, 0.15) is 5.75 Å². The van der Waals surface area contributed by atoms with Crippen molar-refractivity contribution in [3.8, 4) is 28.1 Å². The molecule has 0 spiro atoms. The van der Waals surface area contributed by atoms with Crippen molar-refractivity contribution in [3.63, 3.8) is 0 Å². The van der Waals surface area contributed by atoms with Crippen molar-refractivity contribution in [2.24, 2.45) is 0 Å². The van der Waals surface area contributed by atoms with Crippen LogP contribution in [0.1, 0.15) is 10.4 Å². The number of aromatic nitrogens is 1. The summed E-state index contributed by atoms with van der Waals surface area (Å²) in [7, 11) is 0. The van der Waals surface area contributed by atoms with Crippen LogP contribution in [0.4, 0.5) is 5.69 Å². The lowest BCUT2D eigenvalue weighted by Crippen LogP contribution is -1.92. The van der Waals surface area contributed by atoms with Gasteiger partial charge in [-0.2, -0.15) is 0 Å². The zero-order chi connectivity index (χ0) is 17.1. The van der Waals surface area contributed by atoms with Crippen LogP contribution in [0.5, 0.6) is 5.75 Å². The van der Waals surface area contributed by atoms with Crippen LogP contribution < -0.4 is 0 Å². The molecular formula is C18H12N2O4. The molecule has 0 fully saturated rings. The predicted molar refractivity (Wildman–Crippen MR) is 88.8 cm³/mol. The van der Waals surface area contributed by atoms with E-state index in [0.29, 0.717) is 28.7 Å². The number of nitro groups is 1. The molecule has 3 aromatic rings. The van der Waals surface area contributed by atoms with E-state index in [1.165, 1.54) is 24.3 Å². The van der Waals surface area contributed by atoms with E-state index < -0.39 is 4.92 Å². The van der Waals surface area contributed by atoms with Crippen LogP contribution in [-0.4, -0.2) is 21.3 Å². The van der Waals surface area contributed by atoms with Crippen LogP contribution >= 0.6 is 0 Å². The summed E-state index contributed by atoms with van der Waals surface area (Å²) in [6.07, 6.45) is 2.17. The molecule has 0 atom stereocenters. The number of phenolic OH excluding ortho intramolecular Hbond substituents is 1. The Bertz CT molecular complexity index is 924. The average molecular weight is 320 g/mol. The van der Waals surface area contributed by atoms with Crippen LogP contribution in [-0.2, 0) is 0 Å². The molecule has 1 N–H and O–H groups in total. The quantitative estimate of drug-likeness (QED) is 0.448. The summed E-state index contributed by atoms with van der Waals surface area (Å²) in [5.41, 5.74) is 2.05. The number of carbonyl (C=O) groups is 1. The number of non-ortho nitro benzene ring substituents is 1. The molecule has 0 unspecified atom stereocenters. The van der Waals surface area contributed by atoms with Gasteiger partial charge < -0.3 is 5.11 Å². The van der Waals surface area contributed by atoms with Crippen molar-refractivity contribution in [1.29, 1.82) is 0 Å². The summed E-state index contributed by atoms with van der Waals surface area (Å²) in [6, 6.07) is 14.4. The Balaban J connectivity index is 2.22. The van der Waals surface area contributed by atoms with E-state index in [0.717, 1.165) is 0 Å². The zero-order valence-electron chi connectivity index (χ0n) is 12.4. The third kappa shape index (κ3) is 2.85. The lowest BCUT2D eigenvalue weighted by Gasteiger charge is -2.10. The highest BCUT2D eigenvalue weighted by Crippen LogP contribution is 2.36. The van der Waals surface area contributed by atoms with Gasteiger partial charge in [-0.05, 0) is 29.8 Å². The Kier molecular flexibility index (Phi) is 4.03. The van der Waals surface area contributed by atoms with Crippen LogP contribution in [0.15, 0.2) is 60.8 Å². The molecule has 1 heterocycles. The van der Waals surface area contributed by atoms with Gasteiger partial charge in [-0.3, -0.25) is 19.9 Å². The molecular weight excluding hydrogens is 308 g/mol. The molecule has 0 aliphatic heterocycles. The summed E-state index contributed by atoms with van der Waals surface area (Å²) < 4.78 is 0. The number of carbonyl (C=O) groups excluding carboxylic acids is 1. The molecule has 0 amide bonds. The second-order valence-corrected chi connectivity index (χ2v) is 5.10. The molecule has 2 aromatic carbocycles. The van der Waals surface area contributed by atoms with E-state index in [1.54, 1.807) is 30.5 Å². The van der Waals surface area contributed by atoms with E-state index >= 15 is 0 Å². The maximum absolute atomic E-state index is 11.3. The number of aromatic hydroxyl groups is 1. The van der Waals surface area contributed by atoms with E-state index in [1.807, 2.05) is 6.07 Å². The third-order valence-electron chi connectivity index (χ3n) is 3.60. The Morgan fingerprint density at radius 2 is 1.88 bits per heavy atom. The van der Waals surface area contributed by atoms with Gasteiger partial charge in [-0.15, -0.1) is 0 Å². The molecule has 24 heavy (non-hydrogen) atoms. The molecule has 1 aromatic heterocycles. The summed E-state index contributed by atoms with van der Waals surface area (Å²) in [5.74, 6) is -0.217. The molecule has 0 bridgehead atoms. The number of pyridine rings is 1. The van der Waals surface area contributed by atoms with Gasteiger partial charge in [0.25, 0.3) is 5.69 Å². The molecule has 3 rings (SSSR count). The highest BCUT2D eigenvalue weighted by atomic mass is 16.6. The molecule has 0 radical (unpaired) electrons. The fraction of sp³-hybridized carbons (Fsp3) is 0. The summed E-state index contributed by atoms with van der Waals surface area (Å²) in [5, 5.41) is 21.3. The van der Waals surface area contributed by atoms with Gasteiger partial charge in [0.05, 0.1) is 16.2 Å². The fourth-order valence-electron chi connectivity index (χ4n) is 2.44. The molecule has 6 nitrogen and oxygen atoms in total. The van der Waals surface area contributed by atoms with Crippen molar-refractivity contribution in [2.75, 3.05) is 0 Å². The minimum absolute atomic E-state index is 0.0946. The van der Waals surface area contributed by atoms with E-state index in [2.05, 4.69) is 4.98 Å². The maximum Gasteiger partial charge on any atom is 0.270 e. The van der Waals surface area contributed by atoms with Crippen LogP contribution in [0.2, 0.25) is 0 Å². The lowest BCUT2D eigenvalue weighted by atomic mass is 9.96. The minimum Gasteiger partial charge on any atom is -0.507 e. The first kappa shape index (κ1) is 15.4. The summed E-state index contributed by atoms with van der Waals surface area (Å²) >= 11 is 0. The Morgan fingerprint density at radius 3 is 2.54 bits per heavy atom. The molecule has 0 saturated heterocycles. The van der Waals surface area contributed by atoms with Gasteiger partial charge in [0.2, 0.25) is 0 Å². The number of aldehydes is 1. The Morgan fingerprint density at radius 1 is 1.04 bits per heavy atom. The number of hydrogen-bond donors (Lipinski definition) is 1. The van der Waals surface area contributed by atoms with Crippen LogP contribution in [0.3, 0.4) is 0 Å². The highest BCUT2D eigenvalue weighted by Gasteiger charge is 2.15. The SMILES string of the molecule is O=Cc1cc(-c2ccccn2)cc(-c2cccc([N+](=O)[O-])c2)c1O. The molecule has 118 valence electrons. The first-order chi connectivity index (χ1) is 11.6.